The zero-order valence-electron chi connectivity index (χ0n) is 12.3. The highest BCUT2D eigenvalue weighted by Crippen LogP contribution is 2.46. The number of amides is 2. The van der Waals surface area contributed by atoms with Crippen molar-refractivity contribution >= 4 is 17.4 Å². The number of nitrogens with zero attached hydrogens (tertiary/aromatic N) is 2. The van der Waals surface area contributed by atoms with Crippen molar-refractivity contribution in [2.45, 2.75) is 12.3 Å². The van der Waals surface area contributed by atoms with Gasteiger partial charge in [-0.3, -0.25) is 15.1 Å². The number of benzene rings is 1. The number of nitrogens with one attached hydrogen (secondary N) is 2. The topological polar surface area (TPSA) is 97.2 Å². The number of pyridine rings is 1. The minimum Gasteiger partial charge on any atom is -0.338 e. The van der Waals surface area contributed by atoms with Crippen LogP contribution in [0.1, 0.15) is 17.9 Å². The number of carbonyl (C=O) groups is 1. The molecule has 1 heterocycles. The van der Waals surface area contributed by atoms with Crippen molar-refractivity contribution in [1.29, 1.82) is 0 Å². The van der Waals surface area contributed by atoms with Gasteiger partial charge in [0.05, 0.1) is 4.92 Å². The summed E-state index contributed by atoms with van der Waals surface area (Å²) in [5.41, 5.74) is 1.19. The van der Waals surface area contributed by atoms with Crippen LogP contribution in [-0.2, 0) is 0 Å². The molecule has 2 atom stereocenters. The summed E-state index contributed by atoms with van der Waals surface area (Å²) >= 11 is 0. The monoisotopic (exact) mass is 312 g/mol. The summed E-state index contributed by atoms with van der Waals surface area (Å²) in [6.07, 6.45) is 3.55. The maximum Gasteiger partial charge on any atom is 0.319 e. The van der Waals surface area contributed by atoms with E-state index in [0.717, 1.165) is 12.6 Å². The number of hydrogen-bond donors (Lipinski definition) is 2. The molecular formula is C16H16N4O3. The molecule has 0 bridgehead atoms. The minimum absolute atomic E-state index is 0.137. The molecule has 118 valence electrons. The van der Waals surface area contributed by atoms with Crippen LogP contribution in [0.2, 0.25) is 0 Å². The molecule has 3 rings (SSSR count). The largest absolute Gasteiger partial charge is 0.338 e. The van der Waals surface area contributed by atoms with Crippen LogP contribution >= 0.6 is 0 Å². The molecule has 1 fully saturated rings. The smallest absolute Gasteiger partial charge is 0.319 e. The Morgan fingerprint density at radius 3 is 2.83 bits per heavy atom. The van der Waals surface area contributed by atoms with Gasteiger partial charge >= 0.3 is 11.7 Å². The van der Waals surface area contributed by atoms with E-state index in [1.54, 1.807) is 0 Å². The van der Waals surface area contributed by atoms with Crippen molar-refractivity contribution in [1.82, 2.24) is 10.3 Å². The van der Waals surface area contributed by atoms with E-state index in [-0.39, 0.29) is 11.4 Å². The van der Waals surface area contributed by atoms with Crippen molar-refractivity contribution in [2.24, 2.45) is 5.92 Å². The lowest BCUT2D eigenvalue weighted by molar-refractivity contribution is -0.384. The molecule has 23 heavy (non-hydrogen) atoms. The molecule has 1 aromatic heterocycles. The third-order valence-corrected chi connectivity index (χ3v) is 3.92. The van der Waals surface area contributed by atoms with Crippen molar-refractivity contribution < 1.29 is 9.72 Å². The predicted molar refractivity (Wildman–Crippen MR) is 85.2 cm³/mol. The van der Waals surface area contributed by atoms with E-state index in [1.165, 1.54) is 17.8 Å². The SMILES string of the molecule is O=C(NC[C@@H]1C[C@@H]1c1ccccc1)Nc1ccncc1[N+](=O)[O-]. The fourth-order valence-corrected chi connectivity index (χ4v) is 2.61. The van der Waals surface area contributed by atoms with Gasteiger partial charge in [-0.15, -0.1) is 0 Å². The first-order valence-corrected chi connectivity index (χ1v) is 7.33. The maximum absolute atomic E-state index is 11.9. The molecule has 0 spiro atoms. The molecule has 2 amide bonds. The van der Waals surface area contributed by atoms with Gasteiger partial charge in [-0.25, -0.2) is 4.79 Å². The Hall–Kier alpha value is -2.96. The number of nitro groups is 1. The first-order chi connectivity index (χ1) is 11.1. The number of anilines is 1. The molecular weight excluding hydrogens is 296 g/mol. The fourth-order valence-electron chi connectivity index (χ4n) is 2.61. The van der Waals surface area contributed by atoms with Gasteiger partial charge in [0, 0.05) is 12.7 Å². The quantitative estimate of drug-likeness (QED) is 0.655. The van der Waals surface area contributed by atoms with E-state index in [9.17, 15) is 14.9 Å². The van der Waals surface area contributed by atoms with Crippen LogP contribution in [0.3, 0.4) is 0 Å². The van der Waals surface area contributed by atoms with Gasteiger partial charge in [0.1, 0.15) is 11.9 Å². The van der Waals surface area contributed by atoms with Crippen molar-refractivity contribution in [3.05, 3.63) is 64.5 Å². The summed E-state index contributed by atoms with van der Waals surface area (Å²) in [4.78, 5) is 25.9. The van der Waals surface area contributed by atoms with E-state index < -0.39 is 11.0 Å². The molecule has 2 N–H and O–H groups in total. The number of rotatable bonds is 5. The highest BCUT2D eigenvalue weighted by atomic mass is 16.6. The van der Waals surface area contributed by atoms with Gasteiger partial charge in [-0.1, -0.05) is 30.3 Å². The van der Waals surface area contributed by atoms with E-state index in [4.69, 9.17) is 0 Å². The molecule has 0 saturated heterocycles. The van der Waals surface area contributed by atoms with E-state index in [0.29, 0.717) is 18.4 Å². The molecule has 2 aromatic rings. The molecule has 1 saturated carbocycles. The zero-order chi connectivity index (χ0) is 16.2. The number of hydrogen-bond acceptors (Lipinski definition) is 4. The van der Waals surface area contributed by atoms with Gasteiger partial charge in [-0.2, -0.15) is 0 Å². The average Bonchev–Trinajstić information content (AvgIpc) is 3.34. The normalized spacial score (nSPS) is 19.0. The first-order valence-electron chi connectivity index (χ1n) is 7.33. The predicted octanol–water partition coefficient (Wildman–Crippen LogP) is 2.92. The zero-order valence-corrected chi connectivity index (χ0v) is 12.3. The third-order valence-electron chi connectivity index (χ3n) is 3.92. The summed E-state index contributed by atoms with van der Waals surface area (Å²) in [5, 5.41) is 16.1. The Kier molecular flexibility index (Phi) is 4.18. The Balaban J connectivity index is 1.51. The van der Waals surface area contributed by atoms with Crippen LogP contribution in [0.25, 0.3) is 0 Å². The Morgan fingerprint density at radius 2 is 2.09 bits per heavy atom. The highest BCUT2D eigenvalue weighted by molar-refractivity contribution is 5.91. The van der Waals surface area contributed by atoms with Crippen LogP contribution in [0.4, 0.5) is 16.2 Å². The summed E-state index contributed by atoms with van der Waals surface area (Å²) in [6, 6.07) is 11.1. The number of urea groups is 1. The lowest BCUT2D eigenvalue weighted by Crippen LogP contribution is -2.30. The standard InChI is InChI=1S/C16H16N4O3/c21-16(19-14-6-7-17-10-15(14)20(22)23)18-9-12-8-13(12)11-4-2-1-3-5-11/h1-7,10,12-13H,8-9H2,(H2,17,18,19,21)/t12-,13+/m0/s1. The lowest BCUT2D eigenvalue weighted by Gasteiger charge is -2.07. The van der Waals surface area contributed by atoms with Crippen LogP contribution in [0.15, 0.2) is 48.8 Å². The average molecular weight is 312 g/mol. The first kappa shape index (κ1) is 15.0. The second-order valence-corrected chi connectivity index (χ2v) is 5.50. The van der Waals surface area contributed by atoms with Gasteiger partial charge in [0.2, 0.25) is 0 Å². The molecule has 0 radical (unpaired) electrons. The summed E-state index contributed by atoms with van der Waals surface area (Å²) in [5.74, 6) is 0.891. The minimum atomic E-state index is -0.574. The molecule has 0 unspecified atom stereocenters. The Morgan fingerprint density at radius 1 is 1.30 bits per heavy atom. The number of aromatic nitrogens is 1. The van der Waals surface area contributed by atoms with Gasteiger partial charge in [0.25, 0.3) is 0 Å². The third kappa shape index (κ3) is 3.63. The lowest BCUT2D eigenvalue weighted by atomic mass is 10.1. The maximum atomic E-state index is 11.9. The summed E-state index contributed by atoms with van der Waals surface area (Å²) in [6.45, 7) is 0.546. The second kappa shape index (κ2) is 6.43. The molecule has 1 aliphatic carbocycles. The number of carbonyl (C=O) groups excluding carboxylic acids is 1. The molecule has 7 heteroatoms. The molecule has 1 aromatic carbocycles. The van der Waals surface area contributed by atoms with Crippen molar-refractivity contribution in [3.8, 4) is 0 Å². The fraction of sp³-hybridized carbons (Fsp3) is 0.250. The van der Waals surface area contributed by atoms with E-state index in [1.807, 2.05) is 18.2 Å². The summed E-state index contributed by atoms with van der Waals surface area (Å²) < 4.78 is 0. The molecule has 0 aliphatic heterocycles. The van der Waals surface area contributed by atoms with Crippen LogP contribution in [0, 0.1) is 16.0 Å². The van der Waals surface area contributed by atoms with Crippen LogP contribution in [-0.4, -0.2) is 22.5 Å². The van der Waals surface area contributed by atoms with Crippen LogP contribution < -0.4 is 10.6 Å². The Labute approximate surface area is 132 Å². The second-order valence-electron chi connectivity index (χ2n) is 5.50. The van der Waals surface area contributed by atoms with Crippen molar-refractivity contribution in [2.75, 3.05) is 11.9 Å². The Bertz CT molecular complexity index is 720. The van der Waals surface area contributed by atoms with E-state index in [2.05, 4.69) is 27.8 Å². The van der Waals surface area contributed by atoms with Gasteiger partial charge < -0.3 is 10.6 Å². The summed E-state index contributed by atoms with van der Waals surface area (Å²) in [7, 11) is 0. The van der Waals surface area contributed by atoms with Gasteiger partial charge in [-0.05, 0) is 29.9 Å². The van der Waals surface area contributed by atoms with E-state index >= 15 is 0 Å². The van der Waals surface area contributed by atoms with Gasteiger partial charge in [0.15, 0.2) is 0 Å². The van der Waals surface area contributed by atoms with Crippen molar-refractivity contribution in [3.63, 3.8) is 0 Å². The van der Waals surface area contributed by atoms with Crippen LogP contribution in [0.5, 0.6) is 0 Å². The molecule has 7 nitrogen and oxygen atoms in total. The highest BCUT2D eigenvalue weighted by Gasteiger charge is 2.38. The molecule has 1 aliphatic rings.